The summed E-state index contributed by atoms with van der Waals surface area (Å²) in [6.07, 6.45) is 6.95. The van der Waals surface area contributed by atoms with Crippen LogP contribution < -0.4 is 5.32 Å². The van der Waals surface area contributed by atoms with Crippen LogP contribution in [0.1, 0.15) is 33.6 Å². The lowest BCUT2D eigenvalue weighted by molar-refractivity contribution is 0.0949. The normalized spacial score (nSPS) is 13.1. The molecule has 1 heterocycles. The van der Waals surface area contributed by atoms with Crippen molar-refractivity contribution in [2.24, 2.45) is 0 Å². The number of hydrogen-bond donors (Lipinski definition) is 1. The Labute approximate surface area is 130 Å². The van der Waals surface area contributed by atoms with Gasteiger partial charge in [-0.1, -0.05) is 6.07 Å². The molecule has 5 heteroatoms. The third-order valence-corrected chi connectivity index (χ3v) is 4.13. The number of rotatable bonds is 6. The number of methoxy groups -OCH3 is 1. The number of aromatic nitrogens is 2. The van der Waals surface area contributed by atoms with E-state index in [-0.39, 0.29) is 5.91 Å². The molecule has 0 aliphatic heterocycles. The van der Waals surface area contributed by atoms with Crippen molar-refractivity contribution in [3.63, 3.8) is 0 Å². The van der Waals surface area contributed by atoms with Gasteiger partial charge in [0.2, 0.25) is 0 Å². The molecule has 0 unspecified atom stereocenters. The molecule has 2 aromatic rings. The predicted octanol–water partition coefficient (Wildman–Crippen LogP) is 1.95. The van der Waals surface area contributed by atoms with Crippen LogP contribution in [0.25, 0.3) is 0 Å². The van der Waals surface area contributed by atoms with Crippen molar-refractivity contribution in [1.29, 1.82) is 0 Å². The Hall–Kier alpha value is -2.14. The third kappa shape index (κ3) is 3.20. The van der Waals surface area contributed by atoms with Crippen LogP contribution in [0.2, 0.25) is 0 Å². The van der Waals surface area contributed by atoms with Gasteiger partial charge in [-0.15, -0.1) is 0 Å². The molecule has 0 saturated carbocycles. The standard InChI is InChI=1S/C17H21N3O2/c1-22-8-7-20-12-18-10-16(20)11-19-17(21)15-6-5-13-3-2-4-14(13)9-15/h5-6,9-10,12H,2-4,7-8,11H2,1H3,(H,19,21). The first-order valence-electron chi connectivity index (χ1n) is 7.66. The van der Waals surface area contributed by atoms with Gasteiger partial charge in [-0.3, -0.25) is 4.79 Å². The number of carbonyl (C=O) groups excluding carboxylic acids is 1. The summed E-state index contributed by atoms with van der Waals surface area (Å²) < 4.78 is 7.06. The van der Waals surface area contributed by atoms with Gasteiger partial charge in [0, 0.05) is 25.4 Å². The number of fused-ring (bicyclic) bond motifs is 1. The van der Waals surface area contributed by atoms with Crippen LogP contribution in [0.5, 0.6) is 0 Å². The summed E-state index contributed by atoms with van der Waals surface area (Å²) in [4.78, 5) is 16.4. The summed E-state index contributed by atoms with van der Waals surface area (Å²) in [7, 11) is 1.67. The van der Waals surface area contributed by atoms with Crippen molar-refractivity contribution in [1.82, 2.24) is 14.9 Å². The van der Waals surface area contributed by atoms with E-state index in [9.17, 15) is 4.79 Å². The minimum absolute atomic E-state index is 0.0332. The number of nitrogens with one attached hydrogen (secondary N) is 1. The zero-order valence-corrected chi connectivity index (χ0v) is 12.8. The molecule has 1 aromatic carbocycles. The van der Waals surface area contributed by atoms with Gasteiger partial charge in [-0.25, -0.2) is 4.98 Å². The van der Waals surface area contributed by atoms with Crippen LogP contribution in [-0.2, 0) is 30.7 Å². The molecular formula is C17H21N3O2. The number of aryl methyl sites for hydroxylation is 2. The van der Waals surface area contributed by atoms with E-state index < -0.39 is 0 Å². The minimum atomic E-state index is -0.0332. The second-order valence-electron chi connectivity index (χ2n) is 5.59. The largest absolute Gasteiger partial charge is 0.383 e. The Kier molecular flexibility index (Phi) is 4.53. The Morgan fingerprint density at radius 1 is 1.36 bits per heavy atom. The first-order valence-corrected chi connectivity index (χ1v) is 7.66. The first-order chi connectivity index (χ1) is 10.8. The van der Waals surface area contributed by atoms with E-state index in [0.29, 0.717) is 13.2 Å². The summed E-state index contributed by atoms with van der Waals surface area (Å²) in [6.45, 7) is 1.84. The zero-order chi connectivity index (χ0) is 15.4. The number of hydrogen-bond acceptors (Lipinski definition) is 3. The van der Waals surface area contributed by atoms with E-state index in [0.717, 1.165) is 30.6 Å². The molecular weight excluding hydrogens is 278 g/mol. The average molecular weight is 299 g/mol. The Morgan fingerprint density at radius 3 is 3.09 bits per heavy atom. The SMILES string of the molecule is COCCn1cncc1CNC(=O)c1ccc2c(c1)CCC2. The highest BCUT2D eigenvalue weighted by Crippen LogP contribution is 2.22. The molecule has 1 amide bonds. The lowest BCUT2D eigenvalue weighted by Crippen LogP contribution is -2.24. The molecule has 0 atom stereocenters. The summed E-state index contributed by atoms with van der Waals surface area (Å²) in [6, 6.07) is 6.03. The van der Waals surface area contributed by atoms with Crippen LogP contribution in [0.3, 0.4) is 0 Å². The highest BCUT2D eigenvalue weighted by Gasteiger charge is 2.14. The summed E-state index contributed by atoms with van der Waals surface area (Å²) in [5, 5.41) is 2.97. The quantitative estimate of drug-likeness (QED) is 0.887. The fraction of sp³-hybridized carbons (Fsp3) is 0.412. The van der Waals surface area contributed by atoms with E-state index in [1.807, 2.05) is 16.7 Å². The Balaban J connectivity index is 1.62. The maximum Gasteiger partial charge on any atom is 0.251 e. The molecule has 5 nitrogen and oxygen atoms in total. The van der Waals surface area contributed by atoms with E-state index in [1.165, 1.54) is 17.5 Å². The lowest BCUT2D eigenvalue weighted by atomic mass is 10.1. The number of carbonyl (C=O) groups is 1. The molecule has 1 aliphatic rings. The smallest absolute Gasteiger partial charge is 0.251 e. The molecule has 0 spiro atoms. The highest BCUT2D eigenvalue weighted by atomic mass is 16.5. The van der Waals surface area contributed by atoms with E-state index in [2.05, 4.69) is 16.4 Å². The second kappa shape index (κ2) is 6.75. The van der Waals surface area contributed by atoms with Crippen molar-refractivity contribution in [2.75, 3.05) is 13.7 Å². The van der Waals surface area contributed by atoms with Crippen LogP contribution in [0, 0.1) is 0 Å². The maximum absolute atomic E-state index is 12.3. The van der Waals surface area contributed by atoms with Gasteiger partial charge in [0.05, 0.1) is 25.2 Å². The molecule has 0 saturated heterocycles. The van der Waals surface area contributed by atoms with E-state index in [1.54, 1.807) is 19.6 Å². The van der Waals surface area contributed by atoms with Crippen LogP contribution in [0.15, 0.2) is 30.7 Å². The van der Waals surface area contributed by atoms with Crippen LogP contribution in [0.4, 0.5) is 0 Å². The fourth-order valence-corrected chi connectivity index (χ4v) is 2.87. The topological polar surface area (TPSA) is 56.1 Å². The molecule has 1 aliphatic carbocycles. The molecule has 1 N–H and O–H groups in total. The van der Waals surface area contributed by atoms with Gasteiger partial charge in [-0.05, 0) is 42.5 Å². The zero-order valence-electron chi connectivity index (χ0n) is 12.8. The molecule has 22 heavy (non-hydrogen) atoms. The second-order valence-corrected chi connectivity index (χ2v) is 5.59. The van der Waals surface area contributed by atoms with Crippen molar-refractivity contribution in [3.05, 3.63) is 53.1 Å². The Bertz CT molecular complexity index is 664. The summed E-state index contributed by atoms with van der Waals surface area (Å²) in [5.74, 6) is -0.0332. The highest BCUT2D eigenvalue weighted by molar-refractivity contribution is 5.94. The van der Waals surface area contributed by atoms with Gasteiger partial charge in [-0.2, -0.15) is 0 Å². The summed E-state index contributed by atoms with van der Waals surface area (Å²) >= 11 is 0. The van der Waals surface area contributed by atoms with Crippen molar-refractivity contribution < 1.29 is 9.53 Å². The molecule has 0 fully saturated rings. The van der Waals surface area contributed by atoms with Gasteiger partial charge < -0.3 is 14.6 Å². The van der Waals surface area contributed by atoms with Gasteiger partial charge in [0.1, 0.15) is 0 Å². The van der Waals surface area contributed by atoms with Crippen molar-refractivity contribution in [3.8, 4) is 0 Å². The molecule has 0 radical (unpaired) electrons. The number of imidazole rings is 1. The number of amides is 1. The van der Waals surface area contributed by atoms with Crippen molar-refractivity contribution in [2.45, 2.75) is 32.4 Å². The van der Waals surface area contributed by atoms with E-state index in [4.69, 9.17) is 4.74 Å². The molecule has 1 aromatic heterocycles. The predicted molar refractivity (Wildman–Crippen MR) is 83.7 cm³/mol. The van der Waals surface area contributed by atoms with Crippen LogP contribution >= 0.6 is 0 Å². The van der Waals surface area contributed by atoms with Gasteiger partial charge in [0.15, 0.2) is 0 Å². The number of ether oxygens (including phenoxy) is 1. The van der Waals surface area contributed by atoms with Gasteiger partial charge in [0.25, 0.3) is 5.91 Å². The van der Waals surface area contributed by atoms with Gasteiger partial charge >= 0.3 is 0 Å². The monoisotopic (exact) mass is 299 g/mol. The lowest BCUT2D eigenvalue weighted by Gasteiger charge is -2.09. The fourth-order valence-electron chi connectivity index (χ4n) is 2.87. The number of nitrogens with zero attached hydrogens (tertiary/aromatic N) is 2. The molecule has 3 rings (SSSR count). The number of benzene rings is 1. The third-order valence-electron chi connectivity index (χ3n) is 4.13. The molecule has 116 valence electrons. The first kappa shape index (κ1) is 14.8. The van der Waals surface area contributed by atoms with E-state index >= 15 is 0 Å². The molecule has 0 bridgehead atoms. The summed E-state index contributed by atoms with van der Waals surface area (Å²) in [5.41, 5.74) is 4.42. The minimum Gasteiger partial charge on any atom is -0.383 e. The van der Waals surface area contributed by atoms with Crippen LogP contribution in [-0.4, -0.2) is 29.2 Å². The Morgan fingerprint density at radius 2 is 2.23 bits per heavy atom. The van der Waals surface area contributed by atoms with Crippen molar-refractivity contribution >= 4 is 5.91 Å². The average Bonchev–Trinajstić information content (AvgIpc) is 3.18. The maximum atomic E-state index is 12.3.